The molecule has 1 nitrogen and oxygen atoms in total. The molecular weight excluding hydrogens is 218 g/mol. The summed E-state index contributed by atoms with van der Waals surface area (Å²) in [6.45, 7) is 10.9. The fourth-order valence-corrected chi connectivity index (χ4v) is 2.82. The number of rotatable bonds is 1. The van der Waals surface area contributed by atoms with Crippen molar-refractivity contribution in [3.05, 3.63) is 47.5 Å². The highest BCUT2D eigenvalue weighted by atomic mass is 14.7. The summed E-state index contributed by atoms with van der Waals surface area (Å²) in [5, 5.41) is 0. The van der Waals surface area contributed by atoms with Gasteiger partial charge in [-0.25, -0.2) is 0 Å². The lowest BCUT2D eigenvalue weighted by molar-refractivity contribution is 0.353. The summed E-state index contributed by atoms with van der Waals surface area (Å²) in [6, 6.07) is 8.80. The van der Waals surface area contributed by atoms with Gasteiger partial charge in [-0.2, -0.15) is 0 Å². The zero-order valence-electron chi connectivity index (χ0n) is 11.9. The van der Waals surface area contributed by atoms with Gasteiger partial charge in [0.1, 0.15) is 0 Å². The van der Waals surface area contributed by atoms with Gasteiger partial charge in [-0.15, -0.1) is 0 Å². The van der Waals surface area contributed by atoms with Gasteiger partial charge in [0, 0.05) is 5.54 Å². The molecule has 1 saturated carbocycles. The first kappa shape index (κ1) is 13.4. The van der Waals surface area contributed by atoms with Gasteiger partial charge < -0.3 is 5.73 Å². The lowest BCUT2D eigenvalue weighted by Gasteiger charge is -2.36. The molecule has 1 atom stereocenters. The van der Waals surface area contributed by atoms with Crippen molar-refractivity contribution in [1.29, 1.82) is 0 Å². The molecule has 0 amide bonds. The molecule has 1 heteroatoms. The highest BCUT2D eigenvalue weighted by Crippen LogP contribution is 2.38. The van der Waals surface area contributed by atoms with Gasteiger partial charge in [-0.05, 0) is 42.2 Å². The van der Waals surface area contributed by atoms with E-state index in [0.717, 1.165) is 25.7 Å². The Hall–Kier alpha value is -1.08. The normalized spacial score (nSPS) is 25.2. The molecule has 0 spiro atoms. The fourth-order valence-electron chi connectivity index (χ4n) is 2.82. The lowest BCUT2D eigenvalue weighted by Crippen LogP contribution is -2.39. The van der Waals surface area contributed by atoms with Crippen LogP contribution in [0.25, 0.3) is 0 Å². The molecule has 0 aliphatic heterocycles. The average Bonchev–Trinajstić information content (AvgIpc) is 2.28. The zero-order valence-corrected chi connectivity index (χ0v) is 11.9. The predicted molar refractivity (Wildman–Crippen MR) is 78.6 cm³/mol. The number of hydrogen-bond donors (Lipinski definition) is 1. The SMILES string of the molecule is C=C1CCCC(N)(c2cccc(C(C)(C)C)c2)C1. The van der Waals surface area contributed by atoms with Crippen LogP contribution in [-0.2, 0) is 11.0 Å². The van der Waals surface area contributed by atoms with E-state index in [-0.39, 0.29) is 11.0 Å². The Labute approximate surface area is 111 Å². The van der Waals surface area contributed by atoms with Crippen LogP contribution in [-0.4, -0.2) is 0 Å². The second-order valence-corrected chi connectivity index (χ2v) is 6.77. The van der Waals surface area contributed by atoms with E-state index in [9.17, 15) is 0 Å². The van der Waals surface area contributed by atoms with Crippen molar-refractivity contribution in [3.63, 3.8) is 0 Å². The number of nitrogens with two attached hydrogens (primary N) is 1. The lowest BCUT2D eigenvalue weighted by atomic mass is 9.74. The van der Waals surface area contributed by atoms with Gasteiger partial charge in [0.15, 0.2) is 0 Å². The summed E-state index contributed by atoms with van der Waals surface area (Å²) >= 11 is 0. The van der Waals surface area contributed by atoms with E-state index >= 15 is 0 Å². The van der Waals surface area contributed by atoms with Crippen LogP contribution in [0.5, 0.6) is 0 Å². The molecule has 0 saturated heterocycles. The van der Waals surface area contributed by atoms with Gasteiger partial charge in [0.05, 0.1) is 0 Å². The summed E-state index contributed by atoms with van der Waals surface area (Å²) in [7, 11) is 0. The fraction of sp³-hybridized carbons (Fsp3) is 0.529. The molecule has 18 heavy (non-hydrogen) atoms. The Morgan fingerprint density at radius 2 is 2.00 bits per heavy atom. The van der Waals surface area contributed by atoms with Crippen LogP contribution in [0.2, 0.25) is 0 Å². The molecule has 1 fully saturated rings. The largest absolute Gasteiger partial charge is 0.321 e. The standard InChI is InChI=1S/C17H25N/c1-13-7-6-10-17(18,12-13)15-9-5-8-14(11-15)16(2,3)4/h5,8-9,11H,1,6-7,10,12,18H2,2-4H3. The van der Waals surface area contributed by atoms with E-state index in [4.69, 9.17) is 5.73 Å². The highest BCUT2D eigenvalue weighted by Gasteiger charge is 2.31. The predicted octanol–water partition coefficient (Wildman–Crippen LogP) is 4.27. The van der Waals surface area contributed by atoms with Crippen molar-refractivity contribution < 1.29 is 0 Å². The van der Waals surface area contributed by atoms with Gasteiger partial charge in [0.2, 0.25) is 0 Å². The van der Waals surface area contributed by atoms with Gasteiger partial charge in [-0.3, -0.25) is 0 Å². The summed E-state index contributed by atoms with van der Waals surface area (Å²) < 4.78 is 0. The van der Waals surface area contributed by atoms with Crippen LogP contribution >= 0.6 is 0 Å². The zero-order chi connectivity index (χ0) is 13.4. The molecule has 0 heterocycles. The summed E-state index contributed by atoms with van der Waals surface area (Å²) in [4.78, 5) is 0. The van der Waals surface area contributed by atoms with Crippen LogP contribution in [0.4, 0.5) is 0 Å². The Morgan fingerprint density at radius 3 is 2.61 bits per heavy atom. The molecule has 1 unspecified atom stereocenters. The van der Waals surface area contributed by atoms with Crippen LogP contribution in [0.1, 0.15) is 57.6 Å². The third-order valence-electron chi connectivity index (χ3n) is 4.02. The van der Waals surface area contributed by atoms with E-state index in [0.29, 0.717) is 0 Å². The molecule has 0 aromatic heterocycles. The molecule has 1 aromatic rings. The average molecular weight is 243 g/mol. The molecule has 1 aliphatic carbocycles. The second-order valence-electron chi connectivity index (χ2n) is 6.77. The van der Waals surface area contributed by atoms with Crippen molar-refractivity contribution in [2.24, 2.45) is 5.73 Å². The maximum Gasteiger partial charge on any atom is 0.0447 e. The molecule has 1 aromatic carbocycles. The third kappa shape index (κ3) is 2.67. The minimum absolute atomic E-state index is 0.179. The van der Waals surface area contributed by atoms with Gasteiger partial charge >= 0.3 is 0 Å². The summed E-state index contributed by atoms with van der Waals surface area (Å²) in [6.07, 6.45) is 4.30. The minimum Gasteiger partial charge on any atom is -0.321 e. The maximum absolute atomic E-state index is 6.62. The van der Waals surface area contributed by atoms with E-state index in [1.807, 2.05) is 0 Å². The van der Waals surface area contributed by atoms with E-state index < -0.39 is 0 Å². The molecular formula is C17H25N. The summed E-state index contributed by atoms with van der Waals surface area (Å²) in [5.41, 5.74) is 10.5. The van der Waals surface area contributed by atoms with E-state index in [1.165, 1.54) is 16.7 Å². The summed E-state index contributed by atoms with van der Waals surface area (Å²) in [5.74, 6) is 0. The van der Waals surface area contributed by atoms with Crippen molar-refractivity contribution in [2.45, 2.75) is 57.4 Å². The second kappa shape index (κ2) is 4.55. The first-order chi connectivity index (χ1) is 8.31. The maximum atomic E-state index is 6.62. The van der Waals surface area contributed by atoms with Crippen LogP contribution in [0, 0.1) is 0 Å². The Balaban J connectivity index is 2.36. The van der Waals surface area contributed by atoms with Crippen LogP contribution < -0.4 is 5.73 Å². The molecule has 0 radical (unpaired) electrons. The molecule has 0 bridgehead atoms. The quantitative estimate of drug-likeness (QED) is 0.732. The number of benzene rings is 1. The molecule has 2 rings (SSSR count). The Bertz CT molecular complexity index is 453. The van der Waals surface area contributed by atoms with Crippen LogP contribution in [0.3, 0.4) is 0 Å². The monoisotopic (exact) mass is 243 g/mol. The Morgan fingerprint density at radius 1 is 1.28 bits per heavy atom. The highest BCUT2D eigenvalue weighted by molar-refractivity contribution is 5.34. The first-order valence-electron chi connectivity index (χ1n) is 6.88. The third-order valence-corrected chi connectivity index (χ3v) is 4.02. The number of hydrogen-bond acceptors (Lipinski definition) is 1. The van der Waals surface area contributed by atoms with Crippen molar-refractivity contribution >= 4 is 0 Å². The van der Waals surface area contributed by atoms with Crippen molar-refractivity contribution in [2.75, 3.05) is 0 Å². The topological polar surface area (TPSA) is 26.0 Å². The van der Waals surface area contributed by atoms with Crippen LogP contribution in [0.15, 0.2) is 36.4 Å². The van der Waals surface area contributed by atoms with Gasteiger partial charge in [0.25, 0.3) is 0 Å². The van der Waals surface area contributed by atoms with E-state index in [1.54, 1.807) is 0 Å². The minimum atomic E-state index is -0.198. The van der Waals surface area contributed by atoms with Crippen molar-refractivity contribution in [3.8, 4) is 0 Å². The Kier molecular flexibility index (Phi) is 3.37. The molecule has 1 aliphatic rings. The molecule has 98 valence electrons. The van der Waals surface area contributed by atoms with Crippen molar-refractivity contribution in [1.82, 2.24) is 0 Å². The smallest absolute Gasteiger partial charge is 0.0447 e. The first-order valence-corrected chi connectivity index (χ1v) is 6.88. The molecule has 2 N–H and O–H groups in total. The van der Waals surface area contributed by atoms with E-state index in [2.05, 4.69) is 51.6 Å². The van der Waals surface area contributed by atoms with Gasteiger partial charge in [-0.1, -0.05) is 57.2 Å².